The maximum absolute atomic E-state index is 12.6. The minimum absolute atomic E-state index is 0.117. The fraction of sp³-hybridized carbons (Fsp3) is 0.579. The number of para-hydroxylation sites is 1. The molecule has 126 valence electrons. The van der Waals surface area contributed by atoms with Gasteiger partial charge in [0.05, 0.1) is 0 Å². The minimum Gasteiger partial charge on any atom is -0.355 e. The van der Waals surface area contributed by atoms with E-state index in [1.807, 2.05) is 24.3 Å². The Morgan fingerprint density at radius 3 is 2.43 bits per heavy atom. The lowest BCUT2D eigenvalue weighted by molar-refractivity contribution is -0.134. The first-order valence-electron chi connectivity index (χ1n) is 8.70. The van der Waals surface area contributed by atoms with Crippen LogP contribution in [0.25, 0.3) is 0 Å². The van der Waals surface area contributed by atoms with Crippen LogP contribution >= 0.6 is 0 Å². The molecule has 0 bridgehead atoms. The lowest BCUT2D eigenvalue weighted by Crippen LogP contribution is -2.40. The van der Waals surface area contributed by atoms with Gasteiger partial charge in [-0.1, -0.05) is 51.8 Å². The van der Waals surface area contributed by atoms with Crippen molar-refractivity contribution in [2.45, 2.75) is 58.8 Å². The highest BCUT2D eigenvalue weighted by molar-refractivity contribution is 6.13. The Hall–Kier alpha value is -1.84. The number of carbonyl (C=O) groups excluding carboxylic acids is 2. The molecule has 1 aromatic carbocycles. The lowest BCUT2D eigenvalue weighted by atomic mass is 9.99. The van der Waals surface area contributed by atoms with Crippen molar-refractivity contribution in [1.29, 1.82) is 0 Å². The fourth-order valence-electron chi connectivity index (χ4n) is 2.78. The molecule has 4 nitrogen and oxygen atoms in total. The molecule has 0 aromatic heterocycles. The zero-order valence-corrected chi connectivity index (χ0v) is 14.4. The molecule has 0 atom stereocenters. The maximum atomic E-state index is 12.6. The Kier molecular flexibility index (Phi) is 5.80. The third kappa shape index (κ3) is 4.12. The molecule has 1 aliphatic carbocycles. The van der Waals surface area contributed by atoms with E-state index in [-0.39, 0.29) is 11.8 Å². The predicted octanol–water partition coefficient (Wildman–Crippen LogP) is 3.84. The van der Waals surface area contributed by atoms with E-state index in [1.165, 1.54) is 0 Å². The number of hydrogen-bond acceptors (Lipinski definition) is 2. The standard InChI is InChI=1S/C19H28N2O2/c1-4-5-8-13-20-17(22)19(11-12-19)18(23)21-16-10-7-6-9-15(16)14(2)3/h6-7,9-10,14H,4-5,8,11-13H2,1-3H3,(H,20,22)(H,21,23). The minimum atomic E-state index is -0.851. The van der Waals surface area contributed by atoms with E-state index < -0.39 is 5.41 Å². The van der Waals surface area contributed by atoms with E-state index in [1.54, 1.807) is 0 Å². The summed E-state index contributed by atoms with van der Waals surface area (Å²) in [5, 5.41) is 5.90. The van der Waals surface area contributed by atoms with Gasteiger partial charge in [-0.3, -0.25) is 9.59 Å². The van der Waals surface area contributed by atoms with Crippen LogP contribution in [0.2, 0.25) is 0 Å². The molecule has 0 radical (unpaired) electrons. The van der Waals surface area contributed by atoms with E-state index in [0.29, 0.717) is 25.3 Å². The van der Waals surface area contributed by atoms with Gasteiger partial charge in [0.2, 0.25) is 11.8 Å². The van der Waals surface area contributed by atoms with Crippen LogP contribution < -0.4 is 10.6 Å². The molecular weight excluding hydrogens is 288 g/mol. The van der Waals surface area contributed by atoms with E-state index >= 15 is 0 Å². The van der Waals surface area contributed by atoms with Crippen molar-refractivity contribution in [1.82, 2.24) is 5.32 Å². The second-order valence-electron chi connectivity index (χ2n) is 6.74. The number of hydrogen-bond donors (Lipinski definition) is 2. The molecule has 0 aliphatic heterocycles. The molecule has 2 N–H and O–H groups in total. The first kappa shape index (κ1) is 17.5. The SMILES string of the molecule is CCCCCNC(=O)C1(C(=O)Nc2ccccc2C(C)C)CC1. The van der Waals surface area contributed by atoms with E-state index in [2.05, 4.69) is 31.4 Å². The number of rotatable bonds is 8. The summed E-state index contributed by atoms with van der Waals surface area (Å²) in [5.74, 6) is 0.0382. The van der Waals surface area contributed by atoms with Crippen LogP contribution in [0, 0.1) is 5.41 Å². The van der Waals surface area contributed by atoms with Gasteiger partial charge in [0.15, 0.2) is 0 Å². The van der Waals surface area contributed by atoms with Crippen LogP contribution in [-0.2, 0) is 9.59 Å². The molecule has 1 aliphatic rings. The normalized spacial score (nSPS) is 15.3. The molecule has 0 spiro atoms. The zero-order valence-electron chi connectivity index (χ0n) is 14.4. The number of amides is 2. The molecule has 2 amide bonds. The molecule has 1 saturated carbocycles. The Labute approximate surface area is 139 Å². The van der Waals surface area contributed by atoms with Crippen molar-refractivity contribution in [2.75, 3.05) is 11.9 Å². The first-order chi connectivity index (χ1) is 11.0. The molecular formula is C19H28N2O2. The highest BCUT2D eigenvalue weighted by Gasteiger charge is 2.56. The van der Waals surface area contributed by atoms with Crippen molar-refractivity contribution in [2.24, 2.45) is 5.41 Å². The summed E-state index contributed by atoms with van der Waals surface area (Å²) in [5.41, 5.74) is 1.06. The lowest BCUT2D eigenvalue weighted by Gasteiger charge is -2.18. The van der Waals surface area contributed by atoms with Gasteiger partial charge in [-0.2, -0.15) is 0 Å². The molecule has 1 fully saturated rings. The molecule has 0 saturated heterocycles. The topological polar surface area (TPSA) is 58.2 Å². The molecule has 23 heavy (non-hydrogen) atoms. The summed E-state index contributed by atoms with van der Waals surface area (Å²) in [7, 11) is 0. The number of unbranched alkanes of at least 4 members (excludes halogenated alkanes) is 2. The molecule has 0 heterocycles. The average molecular weight is 316 g/mol. The summed E-state index contributed by atoms with van der Waals surface area (Å²) in [4.78, 5) is 25.0. The van der Waals surface area contributed by atoms with Gasteiger partial charge < -0.3 is 10.6 Å². The first-order valence-corrected chi connectivity index (χ1v) is 8.70. The van der Waals surface area contributed by atoms with E-state index in [4.69, 9.17) is 0 Å². The highest BCUT2D eigenvalue weighted by Crippen LogP contribution is 2.47. The summed E-state index contributed by atoms with van der Waals surface area (Å²) in [6, 6.07) is 7.80. The van der Waals surface area contributed by atoms with Gasteiger partial charge in [-0.25, -0.2) is 0 Å². The monoisotopic (exact) mass is 316 g/mol. The maximum Gasteiger partial charge on any atom is 0.240 e. The smallest absolute Gasteiger partial charge is 0.240 e. The fourth-order valence-corrected chi connectivity index (χ4v) is 2.78. The summed E-state index contributed by atoms with van der Waals surface area (Å²) in [6.07, 6.45) is 4.47. The number of nitrogens with one attached hydrogen (secondary N) is 2. The Balaban J connectivity index is 1.99. The van der Waals surface area contributed by atoms with Crippen LogP contribution in [0.5, 0.6) is 0 Å². The Morgan fingerprint density at radius 2 is 1.83 bits per heavy atom. The largest absolute Gasteiger partial charge is 0.355 e. The second kappa shape index (κ2) is 7.62. The quantitative estimate of drug-likeness (QED) is 0.565. The van der Waals surface area contributed by atoms with Gasteiger partial charge in [0.25, 0.3) is 0 Å². The van der Waals surface area contributed by atoms with Crippen molar-refractivity contribution in [3.8, 4) is 0 Å². The molecule has 1 aromatic rings. The van der Waals surface area contributed by atoms with Crippen LogP contribution in [0.15, 0.2) is 24.3 Å². The third-order valence-corrected chi connectivity index (χ3v) is 4.52. The van der Waals surface area contributed by atoms with Gasteiger partial charge in [0.1, 0.15) is 5.41 Å². The number of carbonyl (C=O) groups is 2. The van der Waals surface area contributed by atoms with E-state index in [0.717, 1.165) is 30.5 Å². The van der Waals surface area contributed by atoms with Gasteiger partial charge in [0, 0.05) is 12.2 Å². The van der Waals surface area contributed by atoms with Crippen LogP contribution in [-0.4, -0.2) is 18.4 Å². The third-order valence-electron chi connectivity index (χ3n) is 4.52. The summed E-state index contributed by atoms with van der Waals surface area (Å²) in [6.45, 7) is 6.98. The number of benzene rings is 1. The second-order valence-corrected chi connectivity index (χ2v) is 6.74. The molecule has 0 unspecified atom stereocenters. The van der Waals surface area contributed by atoms with Gasteiger partial charge >= 0.3 is 0 Å². The average Bonchev–Trinajstić information content (AvgIpc) is 3.33. The summed E-state index contributed by atoms with van der Waals surface area (Å²) < 4.78 is 0. The van der Waals surface area contributed by atoms with Gasteiger partial charge in [-0.05, 0) is 36.8 Å². The van der Waals surface area contributed by atoms with Crippen molar-refractivity contribution >= 4 is 17.5 Å². The summed E-state index contributed by atoms with van der Waals surface area (Å²) >= 11 is 0. The zero-order chi connectivity index (χ0) is 16.9. The molecule has 4 heteroatoms. The molecule has 2 rings (SSSR count). The van der Waals surface area contributed by atoms with Crippen LogP contribution in [0.4, 0.5) is 5.69 Å². The van der Waals surface area contributed by atoms with Crippen LogP contribution in [0.3, 0.4) is 0 Å². The van der Waals surface area contributed by atoms with Gasteiger partial charge in [-0.15, -0.1) is 0 Å². The van der Waals surface area contributed by atoms with Crippen molar-refractivity contribution in [3.05, 3.63) is 29.8 Å². The van der Waals surface area contributed by atoms with E-state index in [9.17, 15) is 9.59 Å². The Bertz CT molecular complexity index is 562. The van der Waals surface area contributed by atoms with Crippen molar-refractivity contribution < 1.29 is 9.59 Å². The predicted molar refractivity (Wildman–Crippen MR) is 93.4 cm³/mol. The van der Waals surface area contributed by atoms with Crippen LogP contribution in [0.1, 0.15) is 64.4 Å². The number of anilines is 1. The highest BCUT2D eigenvalue weighted by atomic mass is 16.2. The Morgan fingerprint density at radius 1 is 1.13 bits per heavy atom. The van der Waals surface area contributed by atoms with Crippen molar-refractivity contribution in [3.63, 3.8) is 0 Å².